The van der Waals surface area contributed by atoms with Gasteiger partial charge in [-0.2, -0.15) is 0 Å². The molecule has 0 aliphatic rings. The van der Waals surface area contributed by atoms with E-state index in [1.165, 1.54) is 16.3 Å². The van der Waals surface area contributed by atoms with Gasteiger partial charge in [-0.05, 0) is 25.8 Å². The highest BCUT2D eigenvalue weighted by atomic mass is 32.2. The largest absolute Gasteiger partial charge is 0.351 e. The first kappa shape index (κ1) is 8.62. The van der Waals surface area contributed by atoms with E-state index in [-0.39, 0.29) is 12.1 Å². The Hall–Kier alpha value is -0.380. The second-order valence-corrected chi connectivity index (χ2v) is 2.70. The maximum atomic E-state index is 10.5. The van der Waals surface area contributed by atoms with Gasteiger partial charge in [0.25, 0.3) is 0 Å². The average molecular weight is 148 g/mol. The van der Waals surface area contributed by atoms with E-state index in [1.54, 1.807) is 0 Å². The highest BCUT2D eigenvalue weighted by Gasteiger charge is 2.10. The predicted molar refractivity (Wildman–Crippen MR) is 40.1 cm³/mol. The second kappa shape index (κ2) is 3.61. The molecule has 0 rings (SSSR count). The van der Waals surface area contributed by atoms with E-state index < -0.39 is 0 Å². The number of rotatable bonds is 2. The molecule has 2 amide bonds. The molecular formula is C5H12N2OS. The van der Waals surface area contributed by atoms with Crippen molar-refractivity contribution in [2.24, 2.45) is 5.73 Å². The molecule has 0 saturated heterocycles. The molecule has 0 radical (unpaired) electrons. The number of hydrogen-bond acceptors (Lipinski definition) is 2. The van der Waals surface area contributed by atoms with Crippen molar-refractivity contribution in [1.82, 2.24) is 4.31 Å². The van der Waals surface area contributed by atoms with Gasteiger partial charge in [-0.15, -0.1) is 0 Å². The molecule has 0 aromatic carbocycles. The first-order valence-corrected chi connectivity index (χ1v) is 3.90. The lowest BCUT2D eigenvalue weighted by atomic mass is 10.4. The van der Waals surface area contributed by atoms with Gasteiger partial charge < -0.3 is 5.73 Å². The van der Waals surface area contributed by atoms with Crippen molar-refractivity contribution in [2.45, 2.75) is 19.9 Å². The van der Waals surface area contributed by atoms with E-state index in [9.17, 15) is 4.79 Å². The van der Waals surface area contributed by atoms with Crippen molar-refractivity contribution in [2.75, 3.05) is 6.26 Å². The van der Waals surface area contributed by atoms with Gasteiger partial charge in [0, 0.05) is 12.3 Å². The molecule has 9 heavy (non-hydrogen) atoms. The smallest absolute Gasteiger partial charge is 0.325 e. The number of nitrogens with two attached hydrogens (primary N) is 1. The van der Waals surface area contributed by atoms with Crippen molar-refractivity contribution in [1.29, 1.82) is 0 Å². The van der Waals surface area contributed by atoms with Crippen LogP contribution in [0.1, 0.15) is 13.8 Å². The number of nitrogens with zero attached hydrogens (tertiary/aromatic N) is 1. The molecule has 0 saturated carbocycles. The van der Waals surface area contributed by atoms with Gasteiger partial charge in [0.2, 0.25) is 0 Å². The summed E-state index contributed by atoms with van der Waals surface area (Å²) in [4.78, 5) is 10.5. The summed E-state index contributed by atoms with van der Waals surface area (Å²) in [6.07, 6.45) is 1.82. The molecule has 0 aromatic rings. The Kier molecular flexibility index (Phi) is 3.46. The molecule has 0 aromatic heterocycles. The van der Waals surface area contributed by atoms with Crippen LogP contribution < -0.4 is 5.73 Å². The number of carbonyl (C=O) groups is 1. The van der Waals surface area contributed by atoms with Gasteiger partial charge in [-0.25, -0.2) is 4.79 Å². The van der Waals surface area contributed by atoms with Crippen LogP contribution >= 0.6 is 11.9 Å². The van der Waals surface area contributed by atoms with E-state index >= 15 is 0 Å². The fraction of sp³-hybridized carbons (Fsp3) is 0.800. The predicted octanol–water partition coefficient (Wildman–Crippen LogP) is 1.05. The Balaban J connectivity index is 3.83. The highest BCUT2D eigenvalue weighted by Crippen LogP contribution is 2.08. The maximum absolute atomic E-state index is 10.5. The van der Waals surface area contributed by atoms with Crippen LogP contribution in [-0.2, 0) is 0 Å². The van der Waals surface area contributed by atoms with Crippen LogP contribution in [0.15, 0.2) is 0 Å². The van der Waals surface area contributed by atoms with Gasteiger partial charge >= 0.3 is 6.03 Å². The van der Waals surface area contributed by atoms with E-state index in [0.29, 0.717) is 0 Å². The summed E-state index contributed by atoms with van der Waals surface area (Å²) in [5.74, 6) is 0. The van der Waals surface area contributed by atoms with Crippen molar-refractivity contribution in [3.05, 3.63) is 0 Å². The van der Waals surface area contributed by atoms with Crippen LogP contribution in [0, 0.1) is 0 Å². The SMILES string of the molecule is CSN(C(N)=O)C(C)C. The molecule has 3 nitrogen and oxygen atoms in total. The molecule has 4 heteroatoms. The lowest BCUT2D eigenvalue weighted by Crippen LogP contribution is -2.34. The van der Waals surface area contributed by atoms with Crippen molar-refractivity contribution in [3.8, 4) is 0 Å². The Morgan fingerprint density at radius 2 is 2.11 bits per heavy atom. The number of primary amides is 1. The number of hydrogen-bond donors (Lipinski definition) is 1. The zero-order valence-electron chi connectivity index (χ0n) is 5.92. The monoisotopic (exact) mass is 148 g/mol. The Morgan fingerprint density at radius 1 is 1.67 bits per heavy atom. The zero-order chi connectivity index (χ0) is 7.44. The van der Waals surface area contributed by atoms with Crippen LogP contribution in [0.25, 0.3) is 0 Å². The number of carbonyl (C=O) groups excluding carboxylic acids is 1. The fourth-order valence-electron chi connectivity index (χ4n) is 0.555. The van der Waals surface area contributed by atoms with Crippen LogP contribution in [0.4, 0.5) is 4.79 Å². The summed E-state index contributed by atoms with van der Waals surface area (Å²) in [5, 5.41) is 0. The first-order valence-electron chi connectivity index (χ1n) is 2.72. The summed E-state index contributed by atoms with van der Waals surface area (Å²) in [6.45, 7) is 3.84. The fourth-order valence-corrected chi connectivity index (χ4v) is 1.16. The number of urea groups is 1. The summed E-state index contributed by atoms with van der Waals surface area (Å²) >= 11 is 1.34. The molecule has 54 valence electrons. The van der Waals surface area contributed by atoms with Crippen molar-refractivity contribution < 1.29 is 4.79 Å². The van der Waals surface area contributed by atoms with Crippen molar-refractivity contribution >= 4 is 18.0 Å². The highest BCUT2D eigenvalue weighted by molar-refractivity contribution is 7.96. The lowest BCUT2D eigenvalue weighted by molar-refractivity contribution is 0.229. The zero-order valence-corrected chi connectivity index (χ0v) is 6.73. The van der Waals surface area contributed by atoms with Gasteiger partial charge in [-0.3, -0.25) is 4.31 Å². The third-order valence-electron chi connectivity index (χ3n) is 0.883. The summed E-state index contributed by atoms with van der Waals surface area (Å²) < 4.78 is 1.51. The molecular weight excluding hydrogens is 136 g/mol. The van der Waals surface area contributed by atoms with Crippen LogP contribution in [0.5, 0.6) is 0 Å². The van der Waals surface area contributed by atoms with E-state index in [0.717, 1.165) is 0 Å². The van der Waals surface area contributed by atoms with Gasteiger partial charge in [-0.1, -0.05) is 0 Å². The van der Waals surface area contributed by atoms with Gasteiger partial charge in [0.05, 0.1) is 0 Å². The quantitative estimate of drug-likeness (QED) is 0.595. The minimum atomic E-state index is -0.377. The van der Waals surface area contributed by atoms with E-state index in [2.05, 4.69) is 0 Å². The molecule has 0 spiro atoms. The third-order valence-corrected chi connectivity index (χ3v) is 1.88. The summed E-state index contributed by atoms with van der Waals surface area (Å²) in [5.41, 5.74) is 5.01. The first-order chi connectivity index (χ1) is 4.09. The maximum Gasteiger partial charge on any atom is 0.325 e. The number of amides is 2. The standard InChI is InChI=1S/C5H12N2OS/c1-4(2)7(9-3)5(6)8/h4H,1-3H3,(H2,6,8). The normalized spacial score (nSPS) is 9.78. The Bertz CT molecular complexity index is 105. The molecule has 0 aliphatic carbocycles. The minimum absolute atomic E-state index is 0.178. The molecule has 0 unspecified atom stereocenters. The third kappa shape index (κ3) is 2.60. The van der Waals surface area contributed by atoms with Crippen LogP contribution in [0.3, 0.4) is 0 Å². The topological polar surface area (TPSA) is 46.3 Å². The van der Waals surface area contributed by atoms with Crippen LogP contribution in [0.2, 0.25) is 0 Å². The summed E-state index contributed by atoms with van der Waals surface area (Å²) in [6, 6.07) is -0.199. The van der Waals surface area contributed by atoms with E-state index in [4.69, 9.17) is 5.73 Å². The minimum Gasteiger partial charge on any atom is -0.351 e. The molecule has 0 aliphatic heterocycles. The molecule has 0 atom stereocenters. The van der Waals surface area contributed by atoms with Gasteiger partial charge in [0.15, 0.2) is 0 Å². The van der Waals surface area contributed by atoms with Crippen LogP contribution in [-0.4, -0.2) is 22.6 Å². The van der Waals surface area contributed by atoms with E-state index in [1.807, 2.05) is 20.1 Å². The lowest BCUT2D eigenvalue weighted by Gasteiger charge is -2.20. The second-order valence-electron chi connectivity index (χ2n) is 1.94. The molecule has 2 N–H and O–H groups in total. The average Bonchev–Trinajstić information content (AvgIpc) is 1.64. The van der Waals surface area contributed by atoms with Gasteiger partial charge in [0.1, 0.15) is 0 Å². The Labute approximate surface area is 59.7 Å². The molecule has 0 bridgehead atoms. The molecule has 0 fully saturated rings. The summed E-state index contributed by atoms with van der Waals surface area (Å²) in [7, 11) is 0. The Morgan fingerprint density at radius 3 is 2.11 bits per heavy atom. The molecule has 0 heterocycles. The van der Waals surface area contributed by atoms with Crippen molar-refractivity contribution in [3.63, 3.8) is 0 Å².